The highest BCUT2D eigenvalue weighted by Gasteiger charge is 2.34. The van der Waals surface area contributed by atoms with E-state index in [1.807, 2.05) is 29.3 Å². The number of rotatable bonds is 5. The molecule has 1 aromatic carbocycles. The molecule has 36 heavy (non-hydrogen) atoms. The Morgan fingerprint density at radius 2 is 1.92 bits per heavy atom. The van der Waals surface area contributed by atoms with Gasteiger partial charge in [0.05, 0.1) is 28.3 Å². The molecule has 1 aliphatic rings. The van der Waals surface area contributed by atoms with Crippen LogP contribution in [0.2, 0.25) is 5.02 Å². The smallest absolute Gasteiger partial charge is 0.331 e. The number of imidazole rings is 1. The Morgan fingerprint density at radius 3 is 2.58 bits per heavy atom. The van der Waals surface area contributed by atoms with Crippen LogP contribution >= 0.6 is 11.6 Å². The average molecular weight is 516 g/mol. The van der Waals surface area contributed by atoms with Gasteiger partial charge in [-0.2, -0.15) is 23.4 Å². The summed E-state index contributed by atoms with van der Waals surface area (Å²) in [4.78, 5) is 8.67. The molecule has 11 heteroatoms. The predicted octanol–water partition coefficient (Wildman–Crippen LogP) is 6.80. The Hall–Kier alpha value is -3.40. The zero-order valence-corrected chi connectivity index (χ0v) is 20.8. The van der Waals surface area contributed by atoms with Crippen LogP contribution in [0.4, 0.5) is 18.9 Å². The van der Waals surface area contributed by atoms with Gasteiger partial charge in [-0.3, -0.25) is 14.4 Å². The third-order valence-corrected chi connectivity index (χ3v) is 6.42. The van der Waals surface area contributed by atoms with Gasteiger partial charge in [0.2, 0.25) is 0 Å². The van der Waals surface area contributed by atoms with Crippen molar-refractivity contribution >= 4 is 23.0 Å². The molecule has 4 heterocycles. The minimum Gasteiger partial charge on any atom is -0.331 e. The molecule has 0 radical (unpaired) electrons. The first-order chi connectivity index (χ1) is 17.2. The second kappa shape index (κ2) is 9.24. The number of fused-ring (bicyclic) bond motifs is 1. The Morgan fingerprint density at radius 1 is 1.17 bits per heavy atom. The molecule has 0 spiro atoms. The molecule has 188 valence electrons. The molecule has 0 saturated heterocycles. The van der Waals surface area contributed by atoms with E-state index in [0.29, 0.717) is 22.8 Å². The van der Waals surface area contributed by atoms with Gasteiger partial charge in [0.15, 0.2) is 5.69 Å². The van der Waals surface area contributed by atoms with Gasteiger partial charge in [-0.05, 0) is 63.9 Å². The fraction of sp³-hybridized carbons (Fsp3) is 0.360. The van der Waals surface area contributed by atoms with E-state index in [0.717, 1.165) is 48.4 Å². The first-order valence-corrected chi connectivity index (χ1v) is 12.2. The van der Waals surface area contributed by atoms with E-state index in [4.69, 9.17) is 21.7 Å². The molecule has 7 nitrogen and oxygen atoms in total. The fourth-order valence-corrected chi connectivity index (χ4v) is 4.64. The molecular formula is C25H25ClF3N7. The maximum absolute atomic E-state index is 13.1. The van der Waals surface area contributed by atoms with Gasteiger partial charge in [-0.25, -0.2) is 4.98 Å². The van der Waals surface area contributed by atoms with E-state index < -0.39 is 11.9 Å². The summed E-state index contributed by atoms with van der Waals surface area (Å²) >= 11 is 6.43. The van der Waals surface area contributed by atoms with Gasteiger partial charge in [0.1, 0.15) is 17.2 Å². The Balaban J connectivity index is 1.46. The highest BCUT2D eigenvalue weighted by molar-refractivity contribution is 6.33. The molecule has 0 saturated carbocycles. The summed E-state index contributed by atoms with van der Waals surface area (Å²) in [5, 5.41) is 9.70. The van der Waals surface area contributed by atoms with Gasteiger partial charge >= 0.3 is 6.18 Å². The van der Waals surface area contributed by atoms with Crippen LogP contribution in [0.3, 0.4) is 0 Å². The third-order valence-electron chi connectivity index (χ3n) is 6.14. The zero-order valence-electron chi connectivity index (χ0n) is 20.1. The third kappa shape index (κ3) is 4.45. The minimum atomic E-state index is -4.49. The Labute approximate surface area is 211 Å². The molecule has 5 rings (SSSR count). The molecule has 0 bridgehead atoms. The lowest BCUT2D eigenvalue weighted by molar-refractivity contribution is -0.140. The number of aromatic nitrogens is 6. The SMILES string of the molecule is CCn1cc(C(F)(F)F)nc1-c1ccc(N=C2CCCn3nc(-c4c(Cl)cnn4C(C)C)cc32)cc1. The zero-order chi connectivity index (χ0) is 25.6. The molecule has 3 aromatic heterocycles. The van der Waals surface area contributed by atoms with Crippen molar-refractivity contribution in [1.29, 1.82) is 0 Å². The molecule has 0 atom stereocenters. The molecule has 0 fully saturated rings. The maximum Gasteiger partial charge on any atom is 0.434 e. The van der Waals surface area contributed by atoms with Crippen molar-refractivity contribution in [3.63, 3.8) is 0 Å². The number of aryl methyl sites for hydroxylation is 2. The van der Waals surface area contributed by atoms with Crippen LogP contribution in [0, 0.1) is 0 Å². The van der Waals surface area contributed by atoms with Gasteiger partial charge in [0, 0.05) is 30.9 Å². The van der Waals surface area contributed by atoms with Crippen molar-refractivity contribution < 1.29 is 13.2 Å². The van der Waals surface area contributed by atoms with Gasteiger partial charge in [-0.15, -0.1) is 0 Å². The van der Waals surface area contributed by atoms with Crippen LogP contribution < -0.4 is 0 Å². The summed E-state index contributed by atoms with van der Waals surface area (Å²) in [6.07, 6.45) is -0.119. The van der Waals surface area contributed by atoms with Crippen molar-refractivity contribution in [2.24, 2.45) is 4.99 Å². The first-order valence-electron chi connectivity index (χ1n) is 11.8. The summed E-state index contributed by atoms with van der Waals surface area (Å²) in [6, 6.07) is 9.22. The lowest BCUT2D eigenvalue weighted by Crippen LogP contribution is -2.17. The number of benzene rings is 1. The van der Waals surface area contributed by atoms with E-state index in [-0.39, 0.29) is 11.9 Å². The molecule has 1 aliphatic heterocycles. The van der Waals surface area contributed by atoms with Gasteiger partial charge in [0.25, 0.3) is 0 Å². The quantitative estimate of drug-likeness (QED) is 0.293. The molecular weight excluding hydrogens is 491 g/mol. The second-order valence-corrected chi connectivity index (χ2v) is 9.37. The lowest BCUT2D eigenvalue weighted by atomic mass is 10.1. The van der Waals surface area contributed by atoms with Gasteiger partial charge in [-0.1, -0.05) is 11.6 Å². The molecule has 4 aromatic rings. The van der Waals surface area contributed by atoms with Crippen molar-refractivity contribution in [2.75, 3.05) is 0 Å². The molecule has 0 unspecified atom stereocenters. The summed E-state index contributed by atoms with van der Waals surface area (Å²) in [7, 11) is 0. The van der Waals surface area contributed by atoms with Crippen molar-refractivity contribution in [1.82, 2.24) is 29.1 Å². The second-order valence-electron chi connectivity index (χ2n) is 8.96. The van der Waals surface area contributed by atoms with E-state index in [2.05, 4.69) is 10.1 Å². The standard InChI is InChI=1S/C25H25ClF3N7/c1-4-34-14-22(25(27,28)29)32-24(34)16-7-9-17(10-8-16)31-19-6-5-11-35-21(19)12-20(33-35)23-18(26)13-30-36(23)15(2)3/h7-10,12-15H,4-6,11H2,1-3H3. The average Bonchev–Trinajstić information content (AvgIpc) is 3.55. The lowest BCUT2D eigenvalue weighted by Gasteiger charge is -2.15. The van der Waals surface area contributed by atoms with Crippen LogP contribution in [0.15, 0.2) is 47.7 Å². The van der Waals surface area contributed by atoms with E-state index >= 15 is 0 Å². The number of aliphatic imine (C=N–C) groups is 1. The monoisotopic (exact) mass is 515 g/mol. The molecule has 0 aliphatic carbocycles. The summed E-state index contributed by atoms with van der Waals surface area (Å²) in [5.74, 6) is 0.281. The van der Waals surface area contributed by atoms with Crippen LogP contribution in [0.5, 0.6) is 0 Å². The first kappa shape index (κ1) is 24.3. The topological polar surface area (TPSA) is 65.8 Å². The highest BCUT2D eigenvalue weighted by Crippen LogP contribution is 2.33. The predicted molar refractivity (Wildman–Crippen MR) is 133 cm³/mol. The Bertz CT molecular complexity index is 1420. The van der Waals surface area contributed by atoms with E-state index in [9.17, 15) is 13.2 Å². The Kier molecular flexibility index (Phi) is 6.23. The largest absolute Gasteiger partial charge is 0.434 e. The number of hydrogen-bond acceptors (Lipinski definition) is 4. The highest BCUT2D eigenvalue weighted by atomic mass is 35.5. The van der Waals surface area contributed by atoms with E-state index in [1.165, 1.54) is 4.57 Å². The fourth-order valence-electron chi connectivity index (χ4n) is 4.41. The number of nitrogens with zero attached hydrogens (tertiary/aromatic N) is 7. The van der Waals surface area contributed by atoms with Crippen molar-refractivity contribution in [3.8, 4) is 22.8 Å². The molecule has 0 N–H and O–H groups in total. The van der Waals surface area contributed by atoms with Crippen LogP contribution in [-0.2, 0) is 19.3 Å². The summed E-state index contributed by atoms with van der Waals surface area (Å²) in [5.41, 5.74) is 3.76. The van der Waals surface area contributed by atoms with E-state index in [1.54, 1.807) is 37.4 Å². The van der Waals surface area contributed by atoms with Crippen LogP contribution in [0.1, 0.15) is 51.0 Å². The maximum atomic E-state index is 13.1. The number of alkyl halides is 3. The number of hydrogen-bond donors (Lipinski definition) is 0. The van der Waals surface area contributed by atoms with Crippen molar-refractivity contribution in [2.45, 2.75) is 58.9 Å². The summed E-state index contributed by atoms with van der Waals surface area (Å²) in [6.45, 7) is 7.02. The minimum absolute atomic E-state index is 0.133. The van der Waals surface area contributed by atoms with Crippen LogP contribution in [-0.4, -0.2) is 34.8 Å². The van der Waals surface area contributed by atoms with Crippen LogP contribution in [0.25, 0.3) is 22.8 Å². The number of halogens is 4. The molecule has 0 amide bonds. The van der Waals surface area contributed by atoms with Crippen molar-refractivity contribution in [3.05, 3.63) is 59.1 Å². The summed E-state index contributed by atoms with van der Waals surface area (Å²) < 4.78 is 44.7. The van der Waals surface area contributed by atoms with Gasteiger partial charge < -0.3 is 4.57 Å². The normalized spacial score (nSPS) is 15.2.